The molecule has 13 heteroatoms. The number of nitro groups is 1. The lowest BCUT2D eigenvalue weighted by Gasteiger charge is -2.21. The summed E-state index contributed by atoms with van der Waals surface area (Å²) in [7, 11) is -4.18. The maximum absolute atomic E-state index is 13.7. The van der Waals surface area contributed by atoms with E-state index >= 15 is 0 Å². The molecule has 12 nitrogen and oxygen atoms in total. The Kier molecular flexibility index (Phi) is 7.05. The monoisotopic (exact) mass is 575 g/mol. The van der Waals surface area contributed by atoms with E-state index in [4.69, 9.17) is 0 Å². The summed E-state index contributed by atoms with van der Waals surface area (Å²) in [5.74, 6) is -1.38. The molecular weight excluding hydrogens is 550 g/mol. The molecule has 0 aliphatic carbocycles. The second kappa shape index (κ2) is 10.5. The minimum absolute atomic E-state index is 0.0656. The summed E-state index contributed by atoms with van der Waals surface area (Å²) in [6, 6.07) is 16.0. The van der Waals surface area contributed by atoms with Crippen LogP contribution in [0.4, 0.5) is 17.1 Å². The molecule has 1 amide bonds. The number of nitro benzene ring substituents is 1. The highest BCUT2D eigenvalue weighted by Crippen LogP contribution is 2.34. The van der Waals surface area contributed by atoms with E-state index in [-0.39, 0.29) is 56.8 Å². The number of sulfonamides is 1. The molecule has 0 unspecified atom stereocenters. The minimum Gasteiger partial charge on any atom is -0.506 e. The quantitative estimate of drug-likeness (QED) is 0.214. The van der Waals surface area contributed by atoms with Crippen LogP contribution in [0, 0.1) is 16.0 Å². The molecule has 3 N–H and O–H groups in total. The molecule has 0 saturated carbocycles. The molecular formula is C28H25N5O7S. The number of hydrogen-bond acceptors (Lipinski definition) is 8. The van der Waals surface area contributed by atoms with Crippen LogP contribution in [-0.2, 0) is 16.6 Å². The van der Waals surface area contributed by atoms with Crippen molar-refractivity contribution >= 4 is 49.7 Å². The summed E-state index contributed by atoms with van der Waals surface area (Å²) in [5, 5.41) is 28.3. The number of pyridine rings is 1. The SMILES string of the molecule is CC(C)CCn1c(=O)c(C2=NS(=O)(=O)c3ccccc3N2)c(O)c2cc(NC(=O)c3ccccc3[N+](=O)[O-])ccc21. The zero-order chi connectivity index (χ0) is 29.5. The van der Waals surface area contributed by atoms with Crippen LogP contribution in [0.1, 0.15) is 36.2 Å². The predicted molar refractivity (Wildman–Crippen MR) is 154 cm³/mol. The van der Waals surface area contributed by atoms with Crippen LogP contribution in [0.15, 0.2) is 80.8 Å². The summed E-state index contributed by atoms with van der Waals surface area (Å²) in [5.41, 5.74) is -0.784. The Morgan fingerprint density at radius 2 is 1.83 bits per heavy atom. The molecule has 1 aromatic heterocycles. The number of amides is 1. The van der Waals surface area contributed by atoms with Crippen molar-refractivity contribution in [3.05, 3.63) is 98.3 Å². The fourth-order valence-electron chi connectivity index (χ4n) is 4.59. The Bertz CT molecular complexity index is 1930. The molecule has 41 heavy (non-hydrogen) atoms. The first-order valence-corrected chi connectivity index (χ1v) is 14.1. The van der Waals surface area contributed by atoms with Gasteiger partial charge in [0.25, 0.3) is 27.2 Å². The van der Waals surface area contributed by atoms with Crippen LogP contribution in [0.25, 0.3) is 10.9 Å². The molecule has 0 fully saturated rings. The van der Waals surface area contributed by atoms with E-state index in [9.17, 15) is 33.2 Å². The fraction of sp³-hybridized carbons (Fsp3) is 0.179. The zero-order valence-electron chi connectivity index (χ0n) is 22.0. The summed E-state index contributed by atoms with van der Waals surface area (Å²) in [6.07, 6.45) is 0.608. The third-order valence-corrected chi connectivity index (χ3v) is 7.97. The van der Waals surface area contributed by atoms with Gasteiger partial charge in [-0.2, -0.15) is 8.42 Å². The highest BCUT2D eigenvalue weighted by molar-refractivity contribution is 7.90. The number of anilines is 2. The Labute approximate surface area is 234 Å². The zero-order valence-corrected chi connectivity index (χ0v) is 22.8. The van der Waals surface area contributed by atoms with Crippen molar-refractivity contribution in [1.82, 2.24) is 4.57 Å². The molecule has 210 valence electrons. The maximum atomic E-state index is 13.7. The van der Waals surface area contributed by atoms with Crippen molar-refractivity contribution in [2.75, 3.05) is 10.6 Å². The van der Waals surface area contributed by atoms with Gasteiger partial charge in [0, 0.05) is 23.7 Å². The number of benzene rings is 3. The number of fused-ring (bicyclic) bond motifs is 2. The Balaban J connectivity index is 1.66. The number of carbonyl (C=O) groups excluding carboxylic acids is 1. The fourth-order valence-corrected chi connectivity index (χ4v) is 5.71. The Morgan fingerprint density at radius 1 is 1.12 bits per heavy atom. The largest absolute Gasteiger partial charge is 0.506 e. The van der Waals surface area contributed by atoms with Gasteiger partial charge in [0.15, 0.2) is 5.84 Å². The molecule has 3 aromatic carbocycles. The number of hydrogen-bond donors (Lipinski definition) is 3. The normalized spacial score (nSPS) is 13.8. The maximum Gasteiger partial charge on any atom is 0.286 e. The number of aromatic hydroxyl groups is 1. The number of rotatable bonds is 7. The van der Waals surface area contributed by atoms with E-state index in [0.29, 0.717) is 11.9 Å². The van der Waals surface area contributed by atoms with Crippen molar-refractivity contribution in [1.29, 1.82) is 0 Å². The van der Waals surface area contributed by atoms with Crippen LogP contribution in [0.2, 0.25) is 0 Å². The van der Waals surface area contributed by atoms with Crippen LogP contribution in [0.5, 0.6) is 5.75 Å². The predicted octanol–water partition coefficient (Wildman–Crippen LogP) is 4.47. The number of nitrogens with zero attached hydrogens (tertiary/aromatic N) is 3. The van der Waals surface area contributed by atoms with E-state index in [2.05, 4.69) is 15.0 Å². The van der Waals surface area contributed by atoms with Gasteiger partial charge in [-0.05, 0) is 48.7 Å². The second-order valence-corrected chi connectivity index (χ2v) is 11.4. The highest BCUT2D eigenvalue weighted by Gasteiger charge is 2.30. The van der Waals surface area contributed by atoms with Gasteiger partial charge >= 0.3 is 0 Å². The average Bonchev–Trinajstić information content (AvgIpc) is 2.92. The first kappa shape index (κ1) is 27.5. The second-order valence-electron chi connectivity index (χ2n) is 9.86. The Hall–Kier alpha value is -5.04. The number of nitrogens with one attached hydrogen (secondary N) is 2. The van der Waals surface area contributed by atoms with Gasteiger partial charge in [0.2, 0.25) is 0 Å². The topological polar surface area (TPSA) is 173 Å². The number of carbonyl (C=O) groups is 1. The van der Waals surface area contributed by atoms with E-state index in [1.54, 1.807) is 12.1 Å². The first-order valence-electron chi connectivity index (χ1n) is 12.6. The lowest BCUT2D eigenvalue weighted by atomic mass is 10.1. The van der Waals surface area contributed by atoms with Gasteiger partial charge in [0.1, 0.15) is 21.8 Å². The molecule has 0 radical (unpaired) electrons. The molecule has 5 rings (SSSR count). The van der Waals surface area contributed by atoms with Crippen LogP contribution < -0.4 is 16.2 Å². The highest BCUT2D eigenvalue weighted by atomic mass is 32.2. The molecule has 0 spiro atoms. The van der Waals surface area contributed by atoms with Crippen molar-refractivity contribution in [3.63, 3.8) is 0 Å². The van der Waals surface area contributed by atoms with Gasteiger partial charge in [-0.15, -0.1) is 4.40 Å². The van der Waals surface area contributed by atoms with E-state index < -0.39 is 32.2 Å². The van der Waals surface area contributed by atoms with Crippen molar-refractivity contribution in [3.8, 4) is 5.75 Å². The summed E-state index contributed by atoms with van der Waals surface area (Å²) in [4.78, 5) is 37.3. The smallest absolute Gasteiger partial charge is 0.286 e. The lowest BCUT2D eigenvalue weighted by Crippen LogP contribution is -2.33. The van der Waals surface area contributed by atoms with Crippen LogP contribution in [-0.4, -0.2) is 34.8 Å². The van der Waals surface area contributed by atoms with Gasteiger partial charge in [-0.25, -0.2) is 0 Å². The third kappa shape index (κ3) is 5.14. The number of para-hydroxylation sites is 2. The summed E-state index contributed by atoms with van der Waals surface area (Å²) < 4.78 is 31.1. The lowest BCUT2D eigenvalue weighted by molar-refractivity contribution is -0.385. The summed E-state index contributed by atoms with van der Waals surface area (Å²) >= 11 is 0. The van der Waals surface area contributed by atoms with E-state index in [1.807, 2.05) is 13.8 Å². The molecule has 4 aromatic rings. The van der Waals surface area contributed by atoms with Crippen molar-refractivity contribution < 1.29 is 23.2 Å². The van der Waals surface area contributed by atoms with E-state index in [0.717, 1.165) is 0 Å². The van der Waals surface area contributed by atoms with Gasteiger partial charge < -0.3 is 20.3 Å². The molecule has 2 heterocycles. The number of aryl methyl sites for hydroxylation is 1. The van der Waals surface area contributed by atoms with Crippen LogP contribution >= 0.6 is 0 Å². The average molecular weight is 576 g/mol. The third-order valence-electron chi connectivity index (χ3n) is 6.64. The number of aromatic nitrogens is 1. The molecule has 0 saturated heterocycles. The van der Waals surface area contributed by atoms with Gasteiger partial charge in [0.05, 0.1) is 16.1 Å². The van der Waals surface area contributed by atoms with Crippen molar-refractivity contribution in [2.24, 2.45) is 10.3 Å². The van der Waals surface area contributed by atoms with Gasteiger partial charge in [-0.1, -0.05) is 38.1 Å². The minimum atomic E-state index is -4.18. The molecule has 1 aliphatic rings. The standard InChI is InChI=1S/C28H25N5O7S/c1-16(2)13-14-32-21-12-11-17(29-27(35)18-7-3-5-9-22(18)33(37)38)15-19(21)25(34)24(28(32)36)26-30-20-8-4-6-10-23(20)41(39,40)31-26/h3-12,15-16,34H,13-14H2,1-2H3,(H,29,35)(H,30,31). The summed E-state index contributed by atoms with van der Waals surface area (Å²) in [6.45, 7) is 4.24. The number of amidine groups is 1. The first-order chi connectivity index (χ1) is 19.5. The molecule has 1 aliphatic heterocycles. The molecule has 0 bridgehead atoms. The van der Waals surface area contributed by atoms with Gasteiger partial charge in [-0.3, -0.25) is 19.7 Å². The Morgan fingerprint density at radius 3 is 2.56 bits per heavy atom. The van der Waals surface area contributed by atoms with Crippen LogP contribution in [0.3, 0.4) is 0 Å². The van der Waals surface area contributed by atoms with Crippen molar-refractivity contribution in [2.45, 2.75) is 31.7 Å². The molecule has 0 atom stereocenters. The van der Waals surface area contributed by atoms with E-state index in [1.165, 1.54) is 59.2 Å².